The molecule has 1 aromatic rings. The fourth-order valence-electron chi connectivity index (χ4n) is 0.984. The highest BCUT2D eigenvalue weighted by Crippen LogP contribution is 2.21. The third-order valence-electron chi connectivity index (χ3n) is 1.98. The summed E-state index contributed by atoms with van der Waals surface area (Å²) in [7, 11) is 1.63. The molecule has 0 fully saturated rings. The number of carbonyl (C=O) groups excluding carboxylic acids is 1. The topological polar surface area (TPSA) is 35.5 Å². The Hall–Kier alpha value is -0.870. The van der Waals surface area contributed by atoms with Crippen molar-refractivity contribution in [3.05, 3.63) is 28.2 Å². The van der Waals surface area contributed by atoms with Crippen LogP contribution in [-0.4, -0.2) is 26.1 Å². The van der Waals surface area contributed by atoms with Gasteiger partial charge in [0.25, 0.3) is 0 Å². The van der Waals surface area contributed by atoms with Crippen molar-refractivity contribution in [2.24, 2.45) is 0 Å². The molecule has 0 amide bonds. The van der Waals surface area contributed by atoms with Gasteiger partial charge in [-0.1, -0.05) is 15.9 Å². The first-order valence-electron chi connectivity index (χ1n) is 4.57. The Kier molecular flexibility index (Phi) is 4.78. The zero-order valence-corrected chi connectivity index (χ0v) is 10.3. The summed E-state index contributed by atoms with van der Waals surface area (Å²) >= 11 is 3.27. The maximum Gasteiger partial charge on any atom is 0.151 e. The van der Waals surface area contributed by atoms with Crippen LogP contribution < -0.4 is 4.74 Å². The van der Waals surface area contributed by atoms with Crippen LogP contribution in [0.1, 0.15) is 17.3 Å². The standard InChI is InChI=1S/C11H13BrO3/c1-8(14-2)7-15-10-3-4-11(12)9(5-10)6-13/h3-6,8H,7H2,1-2H3. The molecule has 15 heavy (non-hydrogen) atoms. The molecule has 0 aliphatic rings. The Labute approximate surface area is 97.5 Å². The summed E-state index contributed by atoms with van der Waals surface area (Å²) in [5, 5.41) is 0. The molecule has 0 N–H and O–H groups in total. The average Bonchev–Trinajstić information content (AvgIpc) is 2.27. The van der Waals surface area contributed by atoms with Gasteiger partial charge in [-0.15, -0.1) is 0 Å². The van der Waals surface area contributed by atoms with Crippen molar-refractivity contribution in [2.75, 3.05) is 13.7 Å². The molecule has 82 valence electrons. The van der Waals surface area contributed by atoms with Crippen molar-refractivity contribution in [2.45, 2.75) is 13.0 Å². The molecule has 0 aliphatic heterocycles. The minimum atomic E-state index is 0.0355. The van der Waals surface area contributed by atoms with Crippen molar-refractivity contribution in [1.82, 2.24) is 0 Å². The number of aldehydes is 1. The summed E-state index contributed by atoms with van der Waals surface area (Å²) in [6.45, 7) is 2.38. The van der Waals surface area contributed by atoms with E-state index < -0.39 is 0 Å². The third kappa shape index (κ3) is 3.64. The number of hydrogen-bond donors (Lipinski definition) is 0. The largest absolute Gasteiger partial charge is 0.491 e. The zero-order chi connectivity index (χ0) is 11.3. The molecule has 0 spiro atoms. The number of methoxy groups -OCH3 is 1. The third-order valence-corrected chi connectivity index (χ3v) is 2.70. The molecule has 0 saturated heterocycles. The highest BCUT2D eigenvalue weighted by molar-refractivity contribution is 9.10. The van der Waals surface area contributed by atoms with Crippen LogP contribution in [0.2, 0.25) is 0 Å². The molecule has 4 heteroatoms. The first-order chi connectivity index (χ1) is 7.17. The van der Waals surface area contributed by atoms with E-state index >= 15 is 0 Å². The van der Waals surface area contributed by atoms with Crippen molar-refractivity contribution < 1.29 is 14.3 Å². The van der Waals surface area contributed by atoms with E-state index in [2.05, 4.69) is 15.9 Å². The molecular weight excluding hydrogens is 260 g/mol. The van der Waals surface area contributed by atoms with Gasteiger partial charge in [-0.25, -0.2) is 0 Å². The second kappa shape index (κ2) is 5.88. The van der Waals surface area contributed by atoms with Gasteiger partial charge in [-0.3, -0.25) is 4.79 Å². The minimum Gasteiger partial charge on any atom is -0.491 e. The first kappa shape index (κ1) is 12.2. The van der Waals surface area contributed by atoms with E-state index in [1.54, 1.807) is 25.3 Å². The van der Waals surface area contributed by atoms with E-state index in [1.165, 1.54) is 0 Å². The number of benzene rings is 1. The van der Waals surface area contributed by atoms with E-state index in [4.69, 9.17) is 9.47 Å². The summed E-state index contributed by atoms with van der Waals surface area (Å²) in [4.78, 5) is 10.7. The maximum atomic E-state index is 10.7. The number of rotatable bonds is 5. The average molecular weight is 273 g/mol. The lowest BCUT2D eigenvalue weighted by molar-refractivity contribution is 0.0716. The predicted octanol–water partition coefficient (Wildman–Crippen LogP) is 2.68. The minimum absolute atomic E-state index is 0.0355. The SMILES string of the molecule is COC(C)COc1ccc(Br)c(C=O)c1. The molecule has 0 aromatic heterocycles. The lowest BCUT2D eigenvalue weighted by atomic mass is 10.2. The van der Waals surface area contributed by atoms with Crippen LogP contribution in [0.5, 0.6) is 5.75 Å². The van der Waals surface area contributed by atoms with Crippen LogP contribution in [0.4, 0.5) is 0 Å². The van der Waals surface area contributed by atoms with E-state index in [0.717, 1.165) is 10.8 Å². The molecular formula is C11H13BrO3. The van der Waals surface area contributed by atoms with Gasteiger partial charge in [0, 0.05) is 17.1 Å². The molecule has 0 bridgehead atoms. The van der Waals surface area contributed by atoms with Crippen LogP contribution in [-0.2, 0) is 4.74 Å². The van der Waals surface area contributed by atoms with Crippen molar-refractivity contribution in [3.8, 4) is 5.75 Å². The maximum absolute atomic E-state index is 10.7. The Morgan fingerprint density at radius 1 is 1.53 bits per heavy atom. The number of carbonyl (C=O) groups is 1. The second-order valence-corrected chi connectivity index (χ2v) is 4.01. The van der Waals surface area contributed by atoms with Gasteiger partial charge in [0.2, 0.25) is 0 Å². The van der Waals surface area contributed by atoms with Crippen LogP contribution in [0.25, 0.3) is 0 Å². The molecule has 3 nitrogen and oxygen atoms in total. The fourth-order valence-corrected chi connectivity index (χ4v) is 1.32. The van der Waals surface area contributed by atoms with Gasteiger partial charge in [0.15, 0.2) is 6.29 Å². The van der Waals surface area contributed by atoms with Crippen LogP contribution >= 0.6 is 15.9 Å². The number of hydrogen-bond acceptors (Lipinski definition) is 3. The predicted molar refractivity (Wildman–Crippen MR) is 61.5 cm³/mol. The van der Waals surface area contributed by atoms with Gasteiger partial charge in [-0.05, 0) is 25.1 Å². The Bertz CT molecular complexity index is 339. The normalized spacial score (nSPS) is 12.2. The van der Waals surface area contributed by atoms with Crippen molar-refractivity contribution in [3.63, 3.8) is 0 Å². The lowest BCUT2D eigenvalue weighted by Crippen LogP contribution is -2.15. The highest BCUT2D eigenvalue weighted by atomic mass is 79.9. The Morgan fingerprint density at radius 2 is 2.27 bits per heavy atom. The Morgan fingerprint density at radius 3 is 2.87 bits per heavy atom. The van der Waals surface area contributed by atoms with E-state index in [0.29, 0.717) is 17.9 Å². The fraction of sp³-hybridized carbons (Fsp3) is 0.364. The van der Waals surface area contributed by atoms with Gasteiger partial charge >= 0.3 is 0 Å². The molecule has 0 aliphatic carbocycles. The monoisotopic (exact) mass is 272 g/mol. The first-order valence-corrected chi connectivity index (χ1v) is 5.37. The van der Waals surface area contributed by atoms with E-state index in [1.807, 2.05) is 6.92 Å². The number of halogens is 1. The molecule has 1 aromatic carbocycles. The van der Waals surface area contributed by atoms with Crippen LogP contribution in [0, 0.1) is 0 Å². The summed E-state index contributed by atoms with van der Waals surface area (Å²) in [5.41, 5.74) is 0.581. The molecule has 0 saturated carbocycles. The molecule has 0 radical (unpaired) electrons. The quantitative estimate of drug-likeness (QED) is 0.774. The summed E-state index contributed by atoms with van der Waals surface area (Å²) in [6.07, 6.45) is 0.824. The highest BCUT2D eigenvalue weighted by Gasteiger charge is 2.03. The van der Waals surface area contributed by atoms with Crippen molar-refractivity contribution in [1.29, 1.82) is 0 Å². The molecule has 0 heterocycles. The second-order valence-electron chi connectivity index (χ2n) is 3.16. The van der Waals surface area contributed by atoms with Gasteiger partial charge in [0.1, 0.15) is 12.4 Å². The molecule has 1 rings (SSSR count). The zero-order valence-electron chi connectivity index (χ0n) is 8.70. The summed E-state index contributed by atoms with van der Waals surface area (Å²) in [5.74, 6) is 0.671. The summed E-state index contributed by atoms with van der Waals surface area (Å²) in [6, 6.07) is 5.29. The summed E-state index contributed by atoms with van der Waals surface area (Å²) < 4.78 is 11.3. The Balaban J connectivity index is 2.66. The van der Waals surface area contributed by atoms with Crippen LogP contribution in [0.3, 0.4) is 0 Å². The van der Waals surface area contributed by atoms with Gasteiger partial charge in [0.05, 0.1) is 6.10 Å². The van der Waals surface area contributed by atoms with Crippen LogP contribution in [0.15, 0.2) is 22.7 Å². The van der Waals surface area contributed by atoms with E-state index in [9.17, 15) is 4.79 Å². The van der Waals surface area contributed by atoms with Gasteiger partial charge in [-0.2, -0.15) is 0 Å². The van der Waals surface area contributed by atoms with Gasteiger partial charge < -0.3 is 9.47 Å². The molecule has 1 unspecified atom stereocenters. The van der Waals surface area contributed by atoms with E-state index in [-0.39, 0.29) is 6.10 Å². The lowest BCUT2D eigenvalue weighted by Gasteiger charge is -2.11. The smallest absolute Gasteiger partial charge is 0.151 e. The number of ether oxygens (including phenoxy) is 2. The van der Waals surface area contributed by atoms with Crippen molar-refractivity contribution >= 4 is 22.2 Å². The molecule has 1 atom stereocenters.